The van der Waals surface area contributed by atoms with Crippen molar-refractivity contribution >= 4 is 101 Å². The third kappa shape index (κ3) is 8.66. The van der Waals surface area contributed by atoms with Gasteiger partial charge in [0.1, 0.15) is 5.82 Å². The highest BCUT2D eigenvalue weighted by Gasteiger charge is 2.46. The van der Waals surface area contributed by atoms with E-state index in [1.54, 1.807) is 0 Å². The van der Waals surface area contributed by atoms with Crippen LogP contribution in [0.4, 0.5) is 34.1 Å². The molecule has 0 bridgehead atoms. The molecule has 0 unspecified atom stereocenters. The first-order valence-corrected chi connectivity index (χ1v) is 32.3. The van der Waals surface area contributed by atoms with E-state index in [0.717, 1.165) is 112 Å². The van der Waals surface area contributed by atoms with Gasteiger partial charge in [-0.1, -0.05) is 276 Å². The van der Waals surface area contributed by atoms with Gasteiger partial charge in [0.05, 0.1) is 39.1 Å². The van der Waals surface area contributed by atoms with Gasteiger partial charge in [-0.15, -0.1) is 0 Å². The molecular weight excluding hydrogens is 1130 g/mol. The summed E-state index contributed by atoms with van der Waals surface area (Å²) in [4.78, 5) is 11.0. The largest absolute Gasteiger partial charge is 0.310 e. The average molecular weight is 1190 g/mol. The van der Waals surface area contributed by atoms with E-state index in [1.165, 1.54) is 54.5 Å². The Morgan fingerprint density at radius 1 is 0.301 bits per heavy atom. The molecular formula is C87H62BN5. The van der Waals surface area contributed by atoms with Crippen LogP contribution in [-0.2, 0) is 5.41 Å². The summed E-state index contributed by atoms with van der Waals surface area (Å²) in [6, 6.07) is 119. The quantitative estimate of drug-likeness (QED) is 0.135. The van der Waals surface area contributed by atoms with Crippen molar-refractivity contribution < 1.29 is 0 Å². The summed E-state index contributed by atoms with van der Waals surface area (Å²) in [6.07, 6.45) is 0. The van der Waals surface area contributed by atoms with Crippen molar-refractivity contribution in [3.8, 4) is 67.3 Å². The third-order valence-electron chi connectivity index (χ3n) is 19.5. The summed E-state index contributed by atoms with van der Waals surface area (Å²) in [6.45, 7) is 6.86. The highest BCUT2D eigenvalue weighted by atomic mass is 15.2. The molecule has 5 nitrogen and oxygen atoms in total. The smallest absolute Gasteiger partial charge is 0.252 e. The molecule has 2 aliphatic rings. The number of nitrogens with zero attached hydrogens (tertiary/aromatic N) is 5. The number of rotatable bonds is 9. The van der Waals surface area contributed by atoms with Crippen LogP contribution >= 0.6 is 0 Å². The maximum atomic E-state index is 5.69. The van der Waals surface area contributed by atoms with Gasteiger partial charge in [0.2, 0.25) is 0 Å². The van der Waals surface area contributed by atoms with E-state index in [9.17, 15) is 0 Å². The number of hydrogen-bond acceptors (Lipinski definition) is 3. The maximum Gasteiger partial charge on any atom is 0.252 e. The highest BCUT2D eigenvalue weighted by molar-refractivity contribution is 7.00. The maximum absolute atomic E-state index is 5.69. The second-order valence-corrected chi connectivity index (χ2v) is 25.8. The van der Waals surface area contributed by atoms with E-state index < -0.39 is 0 Å². The van der Waals surface area contributed by atoms with Gasteiger partial charge in [0, 0.05) is 72.2 Å². The van der Waals surface area contributed by atoms with Crippen LogP contribution in [0.3, 0.4) is 0 Å². The number of para-hydroxylation sites is 6. The van der Waals surface area contributed by atoms with Gasteiger partial charge in [-0.05, 0) is 122 Å². The van der Waals surface area contributed by atoms with Crippen molar-refractivity contribution in [2.24, 2.45) is 0 Å². The van der Waals surface area contributed by atoms with Gasteiger partial charge in [0.15, 0.2) is 0 Å². The van der Waals surface area contributed by atoms with Crippen LogP contribution in [0.2, 0.25) is 0 Å². The molecule has 0 radical (unpaired) electrons. The SMILES string of the molecule is CC(C)(C)c1cc2c3c(c1)N(c1c(-c4ccccc4)cccc1-c1ccccc1)c1cc(-n4c5ccccc5c5ccccc54)ccc1B3c1cc(-c3cccc(-n4c5ccccc5c5ccccc54)n3)ccc1N2c1c(-c2ccccc2)cccc1-c1ccccc1. The van der Waals surface area contributed by atoms with E-state index in [1.807, 2.05) is 0 Å². The molecule has 0 amide bonds. The Balaban J connectivity index is 0.984. The fourth-order valence-electron chi connectivity index (χ4n) is 15.2. The van der Waals surface area contributed by atoms with Crippen LogP contribution in [0, 0.1) is 0 Å². The molecule has 0 aliphatic carbocycles. The third-order valence-corrected chi connectivity index (χ3v) is 19.5. The summed E-state index contributed by atoms with van der Waals surface area (Å²) >= 11 is 0. The Hall–Kier alpha value is -11.7. The summed E-state index contributed by atoms with van der Waals surface area (Å²) in [5.74, 6) is 0.874. The number of benzene rings is 13. The molecule has 0 fully saturated rings. The number of hydrogen-bond donors (Lipinski definition) is 0. The second kappa shape index (κ2) is 21.5. The van der Waals surface area contributed by atoms with Gasteiger partial charge in [0.25, 0.3) is 6.71 Å². The summed E-state index contributed by atoms with van der Waals surface area (Å²) in [5, 5.41) is 4.86. The molecule has 5 heterocycles. The Labute approximate surface area is 542 Å². The van der Waals surface area contributed by atoms with Crippen molar-refractivity contribution in [3.63, 3.8) is 0 Å². The first kappa shape index (κ1) is 54.2. The zero-order chi connectivity index (χ0) is 61.9. The average Bonchev–Trinajstić information content (AvgIpc) is 1.06. The van der Waals surface area contributed by atoms with Crippen LogP contribution < -0.4 is 26.2 Å². The molecule has 0 N–H and O–H groups in total. The topological polar surface area (TPSA) is 29.2 Å². The second-order valence-electron chi connectivity index (χ2n) is 25.8. The molecule has 13 aromatic carbocycles. The van der Waals surface area contributed by atoms with Crippen molar-refractivity contribution in [1.29, 1.82) is 0 Å². The van der Waals surface area contributed by atoms with Crippen molar-refractivity contribution in [2.75, 3.05) is 9.80 Å². The predicted octanol–water partition coefficient (Wildman–Crippen LogP) is 21.0. The monoisotopic (exact) mass is 1190 g/mol. The molecule has 438 valence electrons. The lowest BCUT2D eigenvalue weighted by atomic mass is 9.33. The summed E-state index contributed by atoms with van der Waals surface area (Å²) in [5.41, 5.74) is 28.1. The fraction of sp³-hybridized carbons (Fsp3) is 0.0460. The van der Waals surface area contributed by atoms with Crippen LogP contribution in [0.5, 0.6) is 0 Å². The van der Waals surface area contributed by atoms with Gasteiger partial charge < -0.3 is 14.4 Å². The Kier molecular flexibility index (Phi) is 12.5. The zero-order valence-corrected chi connectivity index (χ0v) is 51.9. The molecule has 0 saturated carbocycles. The minimum atomic E-state index is -0.289. The Morgan fingerprint density at radius 2 is 0.710 bits per heavy atom. The zero-order valence-electron chi connectivity index (χ0n) is 51.9. The molecule has 93 heavy (non-hydrogen) atoms. The predicted molar refractivity (Wildman–Crippen MR) is 393 cm³/mol. The molecule has 0 atom stereocenters. The first-order valence-electron chi connectivity index (χ1n) is 32.3. The summed E-state index contributed by atoms with van der Waals surface area (Å²) in [7, 11) is 0. The number of fused-ring (bicyclic) bond motifs is 10. The van der Waals surface area contributed by atoms with Gasteiger partial charge >= 0.3 is 0 Å². The fourth-order valence-corrected chi connectivity index (χ4v) is 15.2. The van der Waals surface area contributed by atoms with Crippen LogP contribution in [0.15, 0.2) is 322 Å². The lowest BCUT2D eigenvalue weighted by Crippen LogP contribution is -2.61. The standard InChI is InChI=1S/C87H62BN5/c1-87(2,3)62-54-81-84-82(55-62)93(86-66(59-31-12-6-13-32-59)41-25-42-67(86)60-33-14-7-15-34-60)80-56-63(90-75-44-20-16-35-68(75)69-36-17-21-45-76(69)90)50-51-72(80)88(84)73-53-61(74-43-26-48-83(89-74)91-77-46-22-18-37-70(77)71-38-19-23-47-78(71)91)49-52-79(73)92(81)85-64(57-27-8-4-9-28-57)39-24-40-65(85)58-29-10-5-11-30-58/h4-56H,1-3H3. The first-order chi connectivity index (χ1) is 45.8. The number of pyridine rings is 1. The Morgan fingerprint density at radius 3 is 1.16 bits per heavy atom. The van der Waals surface area contributed by atoms with Crippen LogP contribution in [0.1, 0.15) is 26.3 Å². The normalized spacial score (nSPS) is 12.6. The molecule has 2 aliphatic heterocycles. The van der Waals surface area contributed by atoms with Crippen molar-refractivity contribution in [3.05, 3.63) is 327 Å². The minimum Gasteiger partial charge on any atom is -0.310 e. The highest BCUT2D eigenvalue weighted by Crippen LogP contribution is 2.54. The van der Waals surface area contributed by atoms with E-state index in [2.05, 4.69) is 361 Å². The van der Waals surface area contributed by atoms with Crippen LogP contribution in [-0.4, -0.2) is 20.8 Å². The molecule has 0 saturated heterocycles. The minimum absolute atomic E-state index is 0.248. The van der Waals surface area contributed by atoms with Crippen molar-refractivity contribution in [1.82, 2.24) is 14.1 Å². The molecule has 16 aromatic rings. The van der Waals surface area contributed by atoms with E-state index in [-0.39, 0.29) is 12.1 Å². The van der Waals surface area contributed by atoms with E-state index in [0.29, 0.717) is 0 Å². The molecule has 3 aromatic heterocycles. The molecule has 18 rings (SSSR count). The lowest BCUT2D eigenvalue weighted by molar-refractivity contribution is 0.590. The number of anilines is 6. The van der Waals surface area contributed by atoms with Crippen LogP contribution in [0.25, 0.3) is 111 Å². The summed E-state index contributed by atoms with van der Waals surface area (Å²) < 4.78 is 4.81. The van der Waals surface area contributed by atoms with E-state index >= 15 is 0 Å². The van der Waals surface area contributed by atoms with Gasteiger partial charge in [-0.3, -0.25) is 4.57 Å². The van der Waals surface area contributed by atoms with E-state index in [4.69, 9.17) is 4.98 Å². The number of aromatic nitrogens is 3. The lowest BCUT2D eigenvalue weighted by Gasteiger charge is -2.46. The molecule has 0 spiro atoms. The van der Waals surface area contributed by atoms with Gasteiger partial charge in [-0.2, -0.15) is 0 Å². The van der Waals surface area contributed by atoms with Crippen molar-refractivity contribution in [2.45, 2.75) is 26.2 Å². The van der Waals surface area contributed by atoms with Gasteiger partial charge in [-0.25, -0.2) is 4.98 Å². The molecule has 6 heteroatoms. The Bertz CT molecular complexity index is 5410.